The fraction of sp³-hybridized carbons (Fsp3) is 0.0435. The number of carbonyl (C=O) groups is 2. The summed E-state index contributed by atoms with van der Waals surface area (Å²) < 4.78 is 32.4. The van der Waals surface area contributed by atoms with Gasteiger partial charge in [0.1, 0.15) is 11.4 Å². The second-order valence-corrected chi connectivity index (χ2v) is 6.49. The molecule has 0 unspecified atom stereocenters. The van der Waals surface area contributed by atoms with Crippen LogP contribution in [0.5, 0.6) is 5.75 Å². The molecule has 0 aliphatic carbocycles. The Morgan fingerprint density at radius 3 is 2.23 bits per heavy atom. The maximum absolute atomic E-state index is 13.7. The second-order valence-electron chi connectivity index (χ2n) is 6.49. The monoisotopic (exact) mass is 406 g/mol. The predicted molar refractivity (Wildman–Crippen MR) is 109 cm³/mol. The highest BCUT2D eigenvalue weighted by atomic mass is 19.2. The molecule has 4 rings (SSSR count). The summed E-state index contributed by atoms with van der Waals surface area (Å²) in [4.78, 5) is 27.6. The molecule has 0 atom stereocenters. The summed E-state index contributed by atoms with van der Waals surface area (Å²) in [6, 6.07) is 18.4. The van der Waals surface area contributed by atoms with Gasteiger partial charge in [-0.15, -0.1) is 0 Å². The molecule has 0 saturated carbocycles. The number of carbonyl (C=O) groups excluding carboxylic acids is 2. The molecular weight excluding hydrogens is 390 g/mol. The summed E-state index contributed by atoms with van der Waals surface area (Å²) in [7, 11) is 1.46. The third-order valence-corrected chi connectivity index (χ3v) is 4.66. The number of nitrogens with one attached hydrogen (secondary N) is 1. The summed E-state index contributed by atoms with van der Waals surface area (Å²) in [5, 5.41) is 2.79. The van der Waals surface area contributed by atoms with E-state index in [4.69, 9.17) is 4.74 Å². The lowest BCUT2D eigenvalue weighted by atomic mass is 10.0. The Kier molecular flexibility index (Phi) is 5.02. The van der Waals surface area contributed by atoms with Crippen LogP contribution >= 0.6 is 0 Å². The van der Waals surface area contributed by atoms with Gasteiger partial charge in [0.25, 0.3) is 11.8 Å². The number of hydrogen-bond acceptors (Lipinski definition) is 4. The number of rotatable bonds is 5. The molecule has 2 amide bonds. The first kappa shape index (κ1) is 19.3. The van der Waals surface area contributed by atoms with Crippen molar-refractivity contribution in [3.63, 3.8) is 0 Å². The third-order valence-electron chi connectivity index (χ3n) is 4.66. The van der Waals surface area contributed by atoms with Gasteiger partial charge in [0.15, 0.2) is 11.6 Å². The number of amides is 2. The smallest absolute Gasteiger partial charge is 0.282 e. The first-order chi connectivity index (χ1) is 14.5. The van der Waals surface area contributed by atoms with Crippen molar-refractivity contribution in [1.29, 1.82) is 0 Å². The van der Waals surface area contributed by atoms with Crippen molar-refractivity contribution in [2.75, 3.05) is 17.3 Å². The molecule has 0 radical (unpaired) electrons. The van der Waals surface area contributed by atoms with Gasteiger partial charge in [0.05, 0.1) is 18.4 Å². The van der Waals surface area contributed by atoms with E-state index in [-0.39, 0.29) is 17.0 Å². The zero-order valence-corrected chi connectivity index (χ0v) is 15.9. The zero-order valence-electron chi connectivity index (χ0n) is 15.9. The standard InChI is InChI=1S/C23H16F2N2O3/c1-30-19-10-6-5-9-16(19)20-21(26-14-11-12-17(24)18(25)13-14)23(29)27(22(20)28)15-7-3-2-4-8-15/h2-13,26H,1H3. The van der Waals surface area contributed by atoms with Crippen LogP contribution in [0.1, 0.15) is 5.56 Å². The Bertz CT molecular complexity index is 1180. The van der Waals surface area contributed by atoms with Crippen molar-refractivity contribution < 1.29 is 23.1 Å². The molecule has 1 aliphatic heterocycles. The number of benzene rings is 3. The minimum Gasteiger partial charge on any atom is -0.496 e. The fourth-order valence-corrected chi connectivity index (χ4v) is 3.28. The zero-order chi connectivity index (χ0) is 21.3. The molecule has 150 valence electrons. The van der Waals surface area contributed by atoms with Crippen LogP contribution < -0.4 is 15.0 Å². The number of para-hydroxylation sites is 2. The number of methoxy groups -OCH3 is 1. The molecule has 1 heterocycles. The average molecular weight is 406 g/mol. The fourth-order valence-electron chi connectivity index (χ4n) is 3.28. The number of halogens is 2. The molecule has 30 heavy (non-hydrogen) atoms. The Morgan fingerprint density at radius 2 is 1.53 bits per heavy atom. The second kappa shape index (κ2) is 7.79. The summed E-state index contributed by atoms with van der Waals surface area (Å²) in [5.41, 5.74) is 0.946. The van der Waals surface area contributed by atoms with E-state index >= 15 is 0 Å². The van der Waals surface area contributed by atoms with Gasteiger partial charge < -0.3 is 10.1 Å². The van der Waals surface area contributed by atoms with Gasteiger partial charge >= 0.3 is 0 Å². The van der Waals surface area contributed by atoms with E-state index in [9.17, 15) is 18.4 Å². The van der Waals surface area contributed by atoms with Crippen LogP contribution in [0.15, 0.2) is 78.5 Å². The highest BCUT2D eigenvalue weighted by Gasteiger charge is 2.41. The van der Waals surface area contributed by atoms with E-state index in [1.807, 2.05) is 0 Å². The van der Waals surface area contributed by atoms with Crippen molar-refractivity contribution in [1.82, 2.24) is 0 Å². The maximum Gasteiger partial charge on any atom is 0.282 e. The summed E-state index contributed by atoms with van der Waals surface area (Å²) >= 11 is 0. The number of hydrogen-bond donors (Lipinski definition) is 1. The topological polar surface area (TPSA) is 58.6 Å². The van der Waals surface area contributed by atoms with E-state index in [0.29, 0.717) is 17.0 Å². The molecule has 0 bridgehead atoms. The first-order valence-corrected chi connectivity index (χ1v) is 9.05. The minimum absolute atomic E-state index is 0.0561. The van der Waals surface area contributed by atoms with E-state index < -0.39 is 23.4 Å². The minimum atomic E-state index is -1.07. The lowest BCUT2D eigenvalue weighted by molar-refractivity contribution is -0.120. The largest absolute Gasteiger partial charge is 0.496 e. The van der Waals surface area contributed by atoms with Crippen molar-refractivity contribution in [3.05, 3.63) is 95.7 Å². The Labute approximate surface area is 171 Å². The molecule has 0 fully saturated rings. The first-order valence-electron chi connectivity index (χ1n) is 9.05. The van der Waals surface area contributed by atoms with Gasteiger partial charge in [-0.25, -0.2) is 13.7 Å². The average Bonchev–Trinajstić information content (AvgIpc) is 3.00. The molecule has 0 spiro atoms. The number of anilines is 2. The highest BCUT2D eigenvalue weighted by molar-refractivity contribution is 6.46. The van der Waals surface area contributed by atoms with Gasteiger partial charge in [0, 0.05) is 17.3 Å². The van der Waals surface area contributed by atoms with Crippen LogP contribution in [-0.2, 0) is 9.59 Å². The number of imide groups is 1. The Balaban J connectivity index is 1.87. The molecule has 5 nitrogen and oxygen atoms in total. The Morgan fingerprint density at radius 1 is 0.833 bits per heavy atom. The van der Waals surface area contributed by atoms with Gasteiger partial charge in [-0.1, -0.05) is 36.4 Å². The lowest BCUT2D eigenvalue weighted by Crippen LogP contribution is -2.32. The maximum atomic E-state index is 13.7. The molecule has 3 aromatic rings. The molecule has 1 N–H and O–H groups in total. The van der Waals surface area contributed by atoms with Crippen LogP contribution in [0.2, 0.25) is 0 Å². The summed E-state index contributed by atoms with van der Waals surface area (Å²) in [5.74, 6) is -2.86. The number of ether oxygens (including phenoxy) is 1. The normalized spacial score (nSPS) is 13.8. The van der Waals surface area contributed by atoms with E-state index in [1.165, 1.54) is 13.2 Å². The van der Waals surface area contributed by atoms with Crippen molar-refractivity contribution >= 4 is 28.8 Å². The van der Waals surface area contributed by atoms with Crippen molar-refractivity contribution in [3.8, 4) is 5.75 Å². The van der Waals surface area contributed by atoms with Crippen molar-refractivity contribution in [2.24, 2.45) is 0 Å². The number of nitrogens with zero attached hydrogens (tertiary/aromatic N) is 1. The van der Waals surface area contributed by atoms with Gasteiger partial charge in [-0.2, -0.15) is 0 Å². The summed E-state index contributed by atoms with van der Waals surface area (Å²) in [6.45, 7) is 0. The molecule has 3 aromatic carbocycles. The summed E-state index contributed by atoms with van der Waals surface area (Å²) in [6.07, 6.45) is 0. The predicted octanol–water partition coefficient (Wildman–Crippen LogP) is 4.37. The third kappa shape index (κ3) is 3.30. The molecular formula is C23H16F2N2O3. The quantitative estimate of drug-likeness (QED) is 0.640. The molecule has 7 heteroatoms. The van der Waals surface area contributed by atoms with Crippen LogP contribution in [0.25, 0.3) is 5.57 Å². The van der Waals surface area contributed by atoms with Gasteiger partial charge in [-0.05, 0) is 30.3 Å². The highest BCUT2D eigenvalue weighted by Crippen LogP contribution is 2.37. The van der Waals surface area contributed by atoms with Crippen LogP contribution in [0.4, 0.5) is 20.2 Å². The van der Waals surface area contributed by atoms with Crippen LogP contribution in [-0.4, -0.2) is 18.9 Å². The van der Waals surface area contributed by atoms with E-state index in [1.54, 1.807) is 54.6 Å². The SMILES string of the molecule is COc1ccccc1C1=C(Nc2ccc(F)c(F)c2)C(=O)N(c2ccccc2)C1=O. The van der Waals surface area contributed by atoms with E-state index in [2.05, 4.69) is 5.32 Å². The molecule has 0 aromatic heterocycles. The molecule has 0 saturated heterocycles. The van der Waals surface area contributed by atoms with Crippen LogP contribution in [0, 0.1) is 11.6 Å². The molecule has 1 aliphatic rings. The Hall–Kier alpha value is -4.00. The lowest BCUT2D eigenvalue weighted by Gasteiger charge is -2.15. The van der Waals surface area contributed by atoms with Crippen LogP contribution in [0.3, 0.4) is 0 Å². The van der Waals surface area contributed by atoms with Gasteiger partial charge in [0.2, 0.25) is 0 Å². The van der Waals surface area contributed by atoms with E-state index in [0.717, 1.165) is 17.0 Å². The van der Waals surface area contributed by atoms with Crippen molar-refractivity contribution in [2.45, 2.75) is 0 Å². The van der Waals surface area contributed by atoms with Gasteiger partial charge in [-0.3, -0.25) is 9.59 Å².